The van der Waals surface area contributed by atoms with E-state index in [1.54, 1.807) is 0 Å². The van der Waals surface area contributed by atoms with Gasteiger partial charge in [-0.2, -0.15) is 0 Å². The number of nitrogens with one attached hydrogen (secondary N) is 1. The highest BCUT2D eigenvalue weighted by Gasteiger charge is 2.40. The Morgan fingerprint density at radius 1 is 1.38 bits per heavy atom. The van der Waals surface area contributed by atoms with Crippen molar-refractivity contribution < 1.29 is 0 Å². The van der Waals surface area contributed by atoms with Crippen molar-refractivity contribution in [1.82, 2.24) is 15.2 Å². The number of aromatic nitrogens is 1. The molecular weight excluding hydrogens is 258 g/mol. The molecule has 3 rings (SSSR count). The molecule has 1 saturated carbocycles. The summed E-state index contributed by atoms with van der Waals surface area (Å²) >= 11 is 0. The zero-order valence-corrected chi connectivity index (χ0v) is 13.5. The molecule has 2 unspecified atom stereocenters. The van der Waals surface area contributed by atoms with Crippen molar-refractivity contribution in [3.05, 3.63) is 30.1 Å². The molecule has 1 aliphatic heterocycles. The Labute approximate surface area is 129 Å². The first-order valence-corrected chi connectivity index (χ1v) is 8.65. The van der Waals surface area contributed by atoms with E-state index < -0.39 is 0 Å². The molecule has 1 aromatic heterocycles. The fraction of sp³-hybridized carbons (Fsp3) is 0.722. The van der Waals surface area contributed by atoms with Gasteiger partial charge in [-0.3, -0.25) is 9.88 Å². The number of nitrogens with zero attached hydrogens (tertiary/aromatic N) is 2. The van der Waals surface area contributed by atoms with Crippen LogP contribution in [0.15, 0.2) is 24.5 Å². The lowest BCUT2D eigenvalue weighted by molar-refractivity contribution is 0.0268. The molecule has 0 aromatic carbocycles. The van der Waals surface area contributed by atoms with E-state index in [1.807, 2.05) is 12.4 Å². The number of hydrogen-bond acceptors (Lipinski definition) is 3. The van der Waals surface area contributed by atoms with Gasteiger partial charge in [0.15, 0.2) is 0 Å². The lowest BCUT2D eigenvalue weighted by Crippen LogP contribution is -2.64. The first-order valence-electron chi connectivity index (χ1n) is 8.65. The van der Waals surface area contributed by atoms with Crippen LogP contribution in [0.4, 0.5) is 0 Å². The van der Waals surface area contributed by atoms with Crippen LogP contribution in [0.2, 0.25) is 0 Å². The SMILES string of the molecule is CCC1CNC2(CCCCC2)CN1C(C)c1cccnc1. The van der Waals surface area contributed by atoms with Crippen molar-refractivity contribution in [1.29, 1.82) is 0 Å². The molecule has 0 bridgehead atoms. The lowest BCUT2D eigenvalue weighted by atomic mass is 9.78. The third-order valence-corrected chi connectivity index (χ3v) is 5.61. The Balaban J connectivity index is 1.79. The van der Waals surface area contributed by atoms with E-state index >= 15 is 0 Å². The normalized spacial score (nSPS) is 27.6. The van der Waals surface area contributed by atoms with Crippen molar-refractivity contribution in [3.63, 3.8) is 0 Å². The van der Waals surface area contributed by atoms with Gasteiger partial charge in [0, 0.05) is 43.1 Å². The second-order valence-electron chi connectivity index (χ2n) is 6.92. The molecular formula is C18H29N3. The number of rotatable bonds is 3. The van der Waals surface area contributed by atoms with E-state index in [0.717, 1.165) is 6.54 Å². The van der Waals surface area contributed by atoms with Crippen LogP contribution in [-0.2, 0) is 0 Å². The molecule has 116 valence electrons. The quantitative estimate of drug-likeness (QED) is 0.922. The Morgan fingerprint density at radius 3 is 2.86 bits per heavy atom. The Kier molecular flexibility index (Phi) is 4.60. The molecule has 2 heterocycles. The van der Waals surface area contributed by atoms with Crippen LogP contribution in [0.3, 0.4) is 0 Å². The summed E-state index contributed by atoms with van der Waals surface area (Å²) in [7, 11) is 0. The van der Waals surface area contributed by atoms with Crippen molar-refractivity contribution in [2.75, 3.05) is 13.1 Å². The zero-order valence-electron chi connectivity index (χ0n) is 13.5. The van der Waals surface area contributed by atoms with E-state index in [1.165, 1.54) is 50.6 Å². The van der Waals surface area contributed by atoms with Crippen LogP contribution in [0.1, 0.15) is 64.0 Å². The fourth-order valence-electron chi connectivity index (χ4n) is 4.20. The first kappa shape index (κ1) is 15.0. The smallest absolute Gasteiger partial charge is 0.0339 e. The minimum Gasteiger partial charge on any atom is -0.308 e. The molecule has 0 amide bonds. The van der Waals surface area contributed by atoms with Gasteiger partial charge in [0.2, 0.25) is 0 Å². The molecule has 3 heteroatoms. The van der Waals surface area contributed by atoms with Crippen LogP contribution >= 0.6 is 0 Å². The summed E-state index contributed by atoms with van der Waals surface area (Å²) in [5.74, 6) is 0. The molecule has 1 spiro atoms. The van der Waals surface area contributed by atoms with Crippen molar-refractivity contribution in [2.24, 2.45) is 0 Å². The molecule has 2 atom stereocenters. The average Bonchev–Trinajstić information content (AvgIpc) is 2.56. The van der Waals surface area contributed by atoms with Crippen molar-refractivity contribution in [3.8, 4) is 0 Å². The van der Waals surface area contributed by atoms with E-state index in [2.05, 4.69) is 41.2 Å². The Morgan fingerprint density at radius 2 is 2.19 bits per heavy atom. The summed E-state index contributed by atoms with van der Waals surface area (Å²) in [5.41, 5.74) is 1.73. The molecule has 0 radical (unpaired) electrons. The molecule has 21 heavy (non-hydrogen) atoms. The van der Waals surface area contributed by atoms with E-state index in [4.69, 9.17) is 0 Å². The predicted molar refractivity (Wildman–Crippen MR) is 87.3 cm³/mol. The summed E-state index contributed by atoms with van der Waals surface area (Å²) < 4.78 is 0. The van der Waals surface area contributed by atoms with Gasteiger partial charge in [0.05, 0.1) is 0 Å². The minimum absolute atomic E-state index is 0.375. The summed E-state index contributed by atoms with van der Waals surface area (Å²) in [4.78, 5) is 7.05. The van der Waals surface area contributed by atoms with Crippen molar-refractivity contribution in [2.45, 2.75) is 70.0 Å². The van der Waals surface area contributed by atoms with Crippen LogP contribution in [0.25, 0.3) is 0 Å². The maximum absolute atomic E-state index is 4.31. The van der Waals surface area contributed by atoms with Crippen LogP contribution in [-0.4, -0.2) is 34.6 Å². The summed E-state index contributed by atoms with van der Waals surface area (Å²) in [6, 6.07) is 5.39. The Bertz CT molecular complexity index is 439. The van der Waals surface area contributed by atoms with Gasteiger partial charge in [-0.15, -0.1) is 0 Å². The molecule has 1 aromatic rings. The minimum atomic E-state index is 0.375. The second kappa shape index (κ2) is 6.45. The zero-order chi connectivity index (χ0) is 14.7. The maximum atomic E-state index is 4.31. The molecule has 2 aliphatic rings. The fourth-order valence-corrected chi connectivity index (χ4v) is 4.20. The molecule has 1 aliphatic carbocycles. The first-order chi connectivity index (χ1) is 10.2. The highest BCUT2D eigenvalue weighted by Crippen LogP contribution is 2.35. The third-order valence-electron chi connectivity index (χ3n) is 5.61. The van der Waals surface area contributed by atoms with Gasteiger partial charge in [-0.25, -0.2) is 0 Å². The van der Waals surface area contributed by atoms with Crippen LogP contribution < -0.4 is 5.32 Å². The monoisotopic (exact) mass is 287 g/mol. The van der Waals surface area contributed by atoms with Gasteiger partial charge in [-0.05, 0) is 37.8 Å². The topological polar surface area (TPSA) is 28.2 Å². The predicted octanol–water partition coefficient (Wildman–Crippen LogP) is 3.53. The van der Waals surface area contributed by atoms with Crippen molar-refractivity contribution >= 4 is 0 Å². The maximum Gasteiger partial charge on any atom is 0.0339 e. The van der Waals surface area contributed by atoms with Gasteiger partial charge >= 0.3 is 0 Å². The number of piperazine rings is 1. The van der Waals surface area contributed by atoms with Gasteiger partial charge in [0.25, 0.3) is 0 Å². The van der Waals surface area contributed by atoms with Gasteiger partial charge in [-0.1, -0.05) is 32.3 Å². The van der Waals surface area contributed by atoms with Gasteiger partial charge < -0.3 is 5.32 Å². The third kappa shape index (κ3) is 3.14. The molecule has 1 saturated heterocycles. The highest BCUT2D eigenvalue weighted by molar-refractivity contribution is 5.15. The van der Waals surface area contributed by atoms with Crippen LogP contribution in [0, 0.1) is 0 Å². The Hall–Kier alpha value is -0.930. The number of pyridine rings is 1. The molecule has 3 nitrogen and oxygen atoms in total. The average molecular weight is 287 g/mol. The number of hydrogen-bond donors (Lipinski definition) is 1. The van der Waals surface area contributed by atoms with Gasteiger partial charge in [0.1, 0.15) is 0 Å². The standard InChI is InChI=1S/C18H29N3/c1-3-17-13-20-18(9-5-4-6-10-18)14-21(17)15(2)16-8-7-11-19-12-16/h7-8,11-12,15,17,20H,3-6,9-10,13-14H2,1-2H3. The highest BCUT2D eigenvalue weighted by atomic mass is 15.3. The summed E-state index contributed by atoms with van der Waals surface area (Å²) in [5, 5.41) is 3.91. The van der Waals surface area contributed by atoms with E-state index in [0.29, 0.717) is 17.6 Å². The largest absolute Gasteiger partial charge is 0.308 e. The van der Waals surface area contributed by atoms with E-state index in [9.17, 15) is 0 Å². The molecule has 2 fully saturated rings. The summed E-state index contributed by atoms with van der Waals surface area (Å²) in [6.07, 6.45) is 12.0. The second-order valence-corrected chi connectivity index (χ2v) is 6.92. The lowest BCUT2D eigenvalue weighted by Gasteiger charge is -2.51. The van der Waals surface area contributed by atoms with Crippen LogP contribution in [0.5, 0.6) is 0 Å². The molecule has 1 N–H and O–H groups in total. The van der Waals surface area contributed by atoms with E-state index in [-0.39, 0.29) is 0 Å². The summed E-state index contributed by atoms with van der Waals surface area (Å²) in [6.45, 7) is 7.00.